The van der Waals surface area contributed by atoms with Gasteiger partial charge in [0.2, 0.25) is 0 Å². The highest BCUT2D eigenvalue weighted by Gasteiger charge is 1.87. The Balaban J connectivity index is 2.01. The van der Waals surface area contributed by atoms with Crippen molar-refractivity contribution in [3.05, 3.63) is 77.4 Å². The Hall–Kier alpha value is -2.28. The van der Waals surface area contributed by atoms with Gasteiger partial charge in [0.25, 0.3) is 0 Å². The van der Waals surface area contributed by atoms with Gasteiger partial charge in [-0.15, -0.1) is 0 Å². The van der Waals surface area contributed by atoms with Crippen molar-refractivity contribution in [3.63, 3.8) is 0 Å². The highest BCUT2D eigenvalue weighted by Crippen LogP contribution is 2.11. The van der Waals surface area contributed by atoms with Crippen LogP contribution in [0.3, 0.4) is 0 Å². The molecule has 2 rings (SSSR count). The summed E-state index contributed by atoms with van der Waals surface area (Å²) in [5.74, 6) is 0.294. The lowest BCUT2D eigenvalue weighted by atomic mass is 10.1. The van der Waals surface area contributed by atoms with Gasteiger partial charge in [0.05, 0.1) is 0 Å². The number of rotatable bonds is 3. The van der Waals surface area contributed by atoms with Crippen LogP contribution in [0.25, 0.3) is 12.2 Å². The zero-order chi connectivity index (χ0) is 12.8. The SMILES string of the molecule is Cc1cccc(C=CC=Cc2ccc(O)cc2)c1. The lowest BCUT2D eigenvalue weighted by Crippen LogP contribution is -1.73. The molecule has 0 unspecified atom stereocenters. The first-order valence-electron chi connectivity index (χ1n) is 5.94. The fourth-order valence-corrected chi connectivity index (χ4v) is 1.69. The summed E-state index contributed by atoms with van der Waals surface area (Å²) in [6, 6.07) is 15.5. The van der Waals surface area contributed by atoms with E-state index in [1.165, 1.54) is 11.1 Å². The zero-order valence-corrected chi connectivity index (χ0v) is 10.4. The molecule has 0 aliphatic rings. The van der Waals surface area contributed by atoms with E-state index in [0.717, 1.165) is 5.56 Å². The Morgan fingerprint density at radius 3 is 2.17 bits per heavy atom. The van der Waals surface area contributed by atoms with Crippen LogP contribution in [0, 0.1) is 6.92 Å². The third-order valence-electron chi connectivity index (χ3n) is 2.62. The molecule has 0 heterocycles. The molecule has 0 spiro atoms. The number of aryl methyl sites for hydroxylation is 1. The second-order valence-electron chi connectivity index (χ2n) is 4.22. The highest BCUT2D eigenvalue weighted by molar-refractivity contribution is 5.57. The number of hydrogen-bond donors (Lipinski definition) is 1. The zero-order valence-electron chi connectivity index (χ0n) is 10.4. The summed E-state index contributed by atoms with van der Waals surface area (Å²) in [6.07, 6.45) is 8.09. The van der Waals surface area contributed by atoms with Crippen LogP contribution in [0.4, 0.5) is 0 Å². The van der Waals surface area contributed by atoms with Gasteiger partial charge in [0.1, 0.15) is 5.75 Å². The van der Waals surface area contributed by atoms with Gasteiger partial charge in [-0.25, -0.2) is 0 Å². The smallest absolute Gasteiger partial charge is 0.115 e. The molecule has 1 nitrogen and oxygen atoms in total. The molecule has 0 aliphatic heterocycles. The maximum Gasteiger partial charge on any atom is 0.115 e. The summed E-state index contributed by atoms with van der Waals surface area (Å²) < 4.78 is 0. The lowest BCUT2D eigenvalue weighted by molar-refractivity contribution is 0.475. The van der Waals surface area contributed by atoms with Crippen molar-refractivity contribution in [2.45, 2.75) is 6.92 Å². The van der Waals surface area contributed by atoms with Gasteiger partial charge < -0.3 is 5.11 Å². The molecule has 0 radical (unpaired) electrons. The molecule has 1 N–H and O–H groups in total. The molecule has 0 aliphatic carbocycles. The summed E-state index contributed by atoms with van der Waals surface area (Å²) in [4.78, 5) is 0. The molecular formula is C17H16O. The molecule has 0 aromatic heterocycles. The van der Waals surface area contributed by atoms with E-state index in [2.05, 4.69) is 37.3 Å². The molecule has 0 saturated carbocycles. The van der Waals surface area contributed by atoms with E-state index >= 15 is 0 Å². The van der Waals surface area contributed by atoms with Crippen LogP contribution in [-0.4, -0.2) is 5.11 Å². The Morgan fingerprint density at radius 2 is 1.50 bits per heavy atom. The third kappa shape index (κ3) is 3.63. The Morgan fingerprint density at radius 1 is 0.833 bits per heavy atom. The van der Waals surface area contributed by atoms with Crippen LogP contribution < -0.4 is 0 Å². The highest BCUT2D eigenvalue weighted by atomic mass is 16.3. The van der Waals surface area contributed by atoms with Crippen molar-refractivity contribution >= 4 is 12.2 Å². The standard InChI is InChI=1S/C17H16O/c1-14-5-4-8-16(13-14)7-3-2-6-15-9-11-17(18)12-10-15/h2-13,18H,1H3. The van der Waals surface area contributed by atoms with E-state index in [0.29, 0.717) is 5.75 Å². The molecule has 18 heavy (non-hydrogen) atoms. The molecule has 0 saturated heterocycles. The van der Waals surface area contributed by atoms with Gasteiger partial charge in [-0.05, 0) is 30.2 Å². The van der Waals surface area contributed by atoms with E-state index in [-0.39, 0.29) is 0 Å². The average molecular weight is 236 g/mol. The van der Waals surface area contributed by atoms with E-state index < -0.39 is 0 Å². The third-order valence-corrected chi connectivity index (χ3v) is 2.62. The van der Waals surface area contributed by atoms with Gasteiger partial charge in [-0.1, -0.05) is 66.3 Å². The van der Waals surface area contributed by atoms with Crippen molar-refractivity contribution in [1.82, 2.24) is 0 Å². The maximum atomic E-state index is 9.16. The summed E-state index contributed by atoms with van der Waals surface area (Å²) in [5.41, 5.74) is 3.53. The largest absolute Gasteiger partial charge is 0.508 e. The quantitative estimate of drug-likeness (QED) is 0.782. The summed E-state index contributed by atoms with van der Waals surface area (Å²) in [5, 5.41) is 9.16. The van der Waals surface area contributed by atoms with Crippen LogP contribution in [0.5, 0.6) is 5.75 Å². The minimum absolute atomic E-state index is 0.294. The predicted octanol–water partition coefficient (Wildman–Crippen LogP) is 4.43. The minimum Gasteiger partial charge on any atom is -0.508 e. The molecule has 2 aromatic rings. The topological polar surface area (TPSA) is 20.2 Å². The van der Waals surface area contributed by atoms with Crippen molar-refractivity contribution in [2.24, 2.45) is 0 Å². The van der Waals surface area contributed by atoms with E-state index in [1.54, 1.807) is 12.1 Å². The monoisotopic (exact) mass is 236 g/mol. The van der Waals surface area contributed by atoms with Gasteiger partial charge in [-0.3, -0.25) is 0 Å². The van der Waals surface area contributed by atoms with Gasteiger partial charge >= 0.3 is 0 Å². The second kappa shape index (κ2) is 5.87. The summed E-state index contributed by atoms with van der Waals surface area (Å²) in [7, 11) is 0. The average Bonchev–Trinajstić information content (AvgIpc) is 2.37. The number of benzene rings is 2. The molecule has 1 heteroatoms. The Labute approximate surface area is 108 Å². The van der Waals surface area contributed by atoms with Crippen LogP contribution in [0.1, 0.15) is 16.7 Å². The molecule has 0 atom stereocenters. The van der Waals surface area contributed by atoms with Gasteiger partial charge in [-0.2, -0.15) is 0 Å². The van der Waals surface area contributed by atoms with Gasteiger partial charge in [0, 0.05) is 0 Å². The van der Waals surface area contributed by atoms with Crippen LogP contribution in [-0.2, 0) is 0 Å². The number of phenolic OH excluding ortho intramolecular Hbond substituents is 1. The second-order valence-corrected chi connectivity index (χ2v) is 4.22. The van der Waals surface area contributed by atoms with Crippen molar-refractivity contribution in [3.8, 4) is 5.75 Å². The summed E-state index contributed by atoms with van der Waals surface area (Å²) in [6.45, 7) is 2.09. The number of hydrogen-bond acceptors (Lipinski definition) is 1. The van der Waals surface area contributed by atoms with E-state index in [4.69, 9.17) is 5.11 Å². The van der Waals surface area contributed by atoms with Crippen molar-refractivity contribution < 1.29 is 5.11 Å². The van der Waals surface area contributed by atoms with Crippen LogP contribution in [0.2, 0.25) is 0 Å². The number of allylic oxidation sites excluding steroid dienone is 2. The van der Waals surface area contributed by atoms with E-state index in [9.17, 15) is 0 Å². The first kappa shape index (κ1) is 12.2. The first-order chi connectivity index (χ1) is 8.74. The molecule has 2 aromatic carbocycles. The fraction of sp³-hybridized carbons (Fsp3) is 0.0588. The van der Waals surface area contributed by atoms with Crippen molar-refractivity contribution in [2.75, 3.05) is 0 Å². The van der Waals surface area contributed by atoms with Crippen LogP contribution in [0.15, 0.2) is 60.7 Å². The molecular weight excluding hydrogens is 220 g/mol. The minimum atomic E-state index is 0.294. The van der Waals surface area contributed by atoms with E-state index in [1.807, 2.05) is 30.4 Å². The molecule has 90 valence electrons. The summed E-state index contributed by atoms with van der Waals surface area (Å²) >= 11 is 0. The predicted molar refractivity (Wildman–Crippen MR) is 77.4 cm³/mol. The molecule has 0 fully saturated rings. The Kier molecular flexibility index (Phi) is 3.98. The van der Waals surface area contributed by atoms with Crippen LogP contribution >= 0.6 is 0 Å². The maximum absolute atomic E-state index is 9.16. The first-order valence-corrected chi connectivity index (χ1v) is 5.94. The van der Waals surface area contributed by atoms with Gasteiger partial charge in [0.15, 0.2) is 0 Å². The lowest BCUT2D eigenvalue weighted by Gasteiger charge is -1.94. The van der Waals surface area contributed by atoms with Crippen molar-refractivity contribution in [1.29, 1.82) is 0 Å². The number of aromatic hydroxyl groups is 1. The fourth-order valence-electron chi connectivity index (χ4n) is 1.69. The number of phenols is 1. The molecule has 0 bridgehead atoms. The normalized spacial score (nSPS) is 11.4. The molecule has 0 amide bonds. The Bertz CT molecular complexity index is 562.